The van der Waals surface area contributed by atoms with Gasteiger partial charge < -0.3 is 5.32 Å². The maximum atomic E-state index is 13.6. The van der Waals surface area contributed by atoms with Crippen molar-refractivity contribution in [1.82, 2.24) is 4.98 Å². The number of hydrogen-bond acceptors (Lipinski definition) is 4. The molecular formula is C23H12F9N3OS. The average molecular weight is 549 g/mol. The first-order valence-corrected chi connectivity index (χ1v) is 10.9. The summed E-state index contributed by atoms with van der Waals surface area (Å²) >= 11 is 0.367. The van der Waals surface area contributed by atoms with Gasteiger partial charge in [0, 0.05) is 11.3 Å². The zero-order valence-corrected chi connectivity index (χ0v) is 18.8. The highest BCUT2D eigenvalue weighted by molar-refractivity contribution is 8.00. The first-order chi connectivity index (χ1) is 17.1. The number of amides is 1. The van der Waals surface area contributed by atoms with Crippen molar-refractivity contribution >= 4 is 23.4 Å². The predicted molar refractivity (Wildman–Crippen MR) is 115 cm³/mol. The van der Waals surface area contributed by atoms with Crippen LogP contribution >= 0.6 is 11.8 Å². The number of aromatic nitrogens is 1. The number of thioether (sulfide) groups is 1. The smallest absolute Gasteiger partial charge is 0.325 e. The monoisotopic (exact) mass is 549 g/mol. The number of pyridine rings is 1. The SMILES string of the molecule is N#Cc1c(C(F)(F)F)cc(-c2ccccc2)nc1SCC(=O)Nc1cc(C(F)(F)F)cc(C(F)(F)F)c1. The fourth-order valence-electron chi connectivity index (χ4n) is 3.07. The summed E-state index contributed by atoms with van der Waals surface area (Å²) in [5.74, 6) is -1.91. The second kappa shape index (κ2) is 10.3. The third-order valence-electron chi connectivity index (χ3n) is 4.68. The fraction of sp³-hybridized carbons (Fsp3) is 0.174. The molecule has 194 valence electrons. The lowest BCUT2D eigenvalue weighted by Crippen LogP contribution is -2.17. The summed E-state index contributed by atoms with van der Waals surface area (Å²) in [6.07, 6.45) is -15.2. The molecule has 2 aromatic carbocycles. The largest absolute Gasteiger partial charge is 0.417 e. The van der Waals surface area contributed by atoms with Crippen molar-refractivity contribution in [2.45, 2.75) is 23.6 Å². The van der Waals surface area contributed by atoms with Gasteiger partial charge >= 0.3 is 18.5 Å². The number of hydrogen-bond donors (Lipinski definition) is 1. The first-order valence-electron chi connectivity index (χ1n) is 9.89. The normalized spacial score (nSPS) is 12.2. The zero-order valence-electron chi connectivity index (χ0n) is 18.0. The van der Waals surface area contributed by atoms with Crippen molar-refractivity contribution < 1.29 is 44.3 Å². The Bertz CT molecular complexity index is 1310. The molecular weight excluding hydrogens is 537 g/mol. The summed E-state index contributed by atoms with van der Waals surface area (Å²) in [5.41, 5.74) is -6.25. The third kappa shape index (κ3) is 6.94. The van der Waals surface area contributed by atoms with Gasteiger partial charge in [0.05, 0.1) is 33.7 Å². The molecule has 0 aliphatic heterocycles. The van der Waals surface area contributed by atoms with Crippen LogP contribution in [0.3, 0.4) is 0 Å². The molecule has 1 heterocycles. The number of nitrogens with one attached hydrogen (secondary N) is 1. The highest BCUT2D eigenvalue weighted by atomic mass is 32.2. The predicted octanol–water partition coefficient (Wildman–Crippen LogP) is 7.41. The minimum absolute atomic E-state index is 0.124. The quantitative estimate of drug-likeness (QED) is 0.266. The molecule has 0 atom stereocenters. The number of carbonyl (C=O) groups is 1. The van der Waals surface area contributed by atoms with E-state index >= 15 is 0 Å². The molecule has 0 saturated carbocycles. The van der Waals surface area contributed by atoms with E-state index < -0.39 is 63.2 Å². The Hall–Kier alpha value is -3.73. The summed E-state index contributed by atoms with van der Waals surface area (Å²) in [5, 5.41) is 10.7. The standard InChI is InChI=1S/C23H12F9N3OS/c24-21(25,26)13-6-14(22(27,28)29)8-15(7-13)34-19(36)11-37-20-16(10-33)17(23(30,31)32)9-18(35-20)12-4-2-1-3-5-12/h1-9H,11H2,(H,34,36). The number of rotatable bonds is 5. The number of anilines is 1. The highest BCUT2D eigenvalue weighted by Crippen LogP contribution is 2.39. The Morgan fingerprint density at radius 2 is 1.43 bits per heavy atom. The van der Waals surface area contributed by atoms with Gasteiger partial charge in [0.2, 0.25) is 5.91 Å². The molecule has 3 aromatic rings. The Balaban J connectivity index is 1.92. The number of nitriles is 1. The molecule has 0 aliphatic carbocycles. The van der Waals surface area contributed by atoms with Crippen molar-refractivity contribution in [3.05, 3.63) is 76.9 Å². The molecule has 0 bridgehead atoms. The van der Waals surface area contributed by atoms with Crippen LogP contribution in [0.1, 0.15) is 22.3 Å². The molecule has 0 unspecified atom stereocenters. The van der Waals surface area contributed by atoms with E-state index in [1.165, 1.54) is 30.3 Å². The number of benzene rings is 2. The van der Waals surface area contributed by atoms with E-state index in [1.807, 2.05) is 5.32 Å². The van der Waals surface area contributed by atoms with E-state index in [-0.39, 0.29) is 29.5 Å². The molecule has 14 heteroatoms. The highest BCUT2D eigenvalue weighted by Gasteiger charge is 2.38. The minimum atomic E-state index is -5.15. The Labute approximate surface area is 207 Å². The molecule has 1 N–H and O–H groups in total. The van der Waals surface area contributed by atoms with Crippen LogP contribution in [0, 0.1) is 11.3 Å². The van der Waals surface area contributed by atoms with E-state index in [4.69, 9.17) is 0 Å². The van der Waals surface area contributed by atoms with Crippen LogP contribution < -0.4 is 5.32 Å². The number of carbonyl (C=O) groups excluding carboxylic acids is 1. The van der Waals surface area contributed by atoms with Crippen molar-refractivity contribution in [2.24, 2.45) is 0 Å². The topological polar surface area (TPSA) is 65.8 Å². The Morgan fingerprint density at radius 3 is 1.92 bits per heavy atom. The van der Waals surface area contributed by atoms with Gasteiger partial charge in [-0.15, -0.1) is 0 Å². The second-order valence-electron chi connectivity index (χ2n) is 7.34. The van der Waals surface area contributed by atoms with Gasteiger partial charge in [-0.2, -0.15) is 44.8 Å². The molecule has 0 saturated heterocycles. The van der Waals surface area contributed by atoms with Gasteiger partial charge in [-0.05, 0) is 24.3 Å². The fourth-order valence-corrected chi connectivity index (χ4v) is 3.88. The van der Waals surface area contributed by atoms with E-state index in [0.29, 0.717) is 17.8 Å². The van der Waals surface area contributed by atoms with Gasteiger partial charge in [-0.3, -0.25) is 4.79 Å². The number of alkyl halides is 9. The lowest BCUT2D eigenvalue weighted by atomic mass is 10.1. The molecule has 37 heavy (non-hydrogen) atoms. The molecule has 0 fully saturated rings. The number of halogens is 9. The van der Waals surface area contributed by atoms with E-state index in [2.05, 4.69) is 4.98 Å². The number of nitrogens with zero attached hydrogens (tertiary/aromatic N) is 2. The van der Waals surface area contributed by atoms with Gasteiger partial charge in [-0.25, -0.2) is 4.98 Å². The van der Waals surface area contributed by atoms with E-state index in [0.717, 1.165) is 0 Å². The van der Waals surface area contributed by atoms with Gasteiger partial charge in [0.1, 0.15) is 11.1 Å². The molecule has 4 nitrogen and oxygen atoms in total. The lowest BCUT2D eigenvalue weighted by Gasteiger charge is -2.15. The Kier molecular flexibility index (Phi) is 7.78. The van der Waals surface area contributed by atoms with Crippen molar-refractivity contribution in [1.29, 1.82) is 5.26 Å². The van der Waals surface area contributed by atoms with Gasteiger partial charge in [-0.1, -0.05) is 42.1 Å². The molecule has 0 spiro atoms. The van der Waals surface area contributed by atoms with Crippen LogP contribution in [-0.4, -0.2) is 16.6 Å². The van der Waals surface area contributed by atoms with Crippen molar-refractivity contribution in [3.63, 3.8) is 0 Å². The summed E-state index contributed by atoms with van der Waals surface area (Å²) in [6, 6.07) is 10.1. The zero-order chi connectivity index (χ0) is 27.6. The van der Waals surface area contributed by atoms with E-state index in [1.54, 1.807) is 6.07 Å². The summed E-state index contributed by atoms with van der Waals surface area (Å²) in [4.78, 5) is 16.3. The average Bonchev–Trinajstić information content (AvgIpc) is 2.80. The van der Waals surface area contributed by atoms with Gasteiger partial charge in [0.15, 0.2) is 0 Å². The van der Waals surface area contributed by atoms with Gasteiger partial charge in [0.25, 0.3) is 0 Å². The Morgan fingerprint density at radius 1 is 0.865 bits per heavy atom. The first kappa shape index (κ1) is 27.9. The maximum Gasteiger partial charge on any atom is 0.417 e. The van der Waals surface area contributed by atoms with Crippen LogP contribution in [0.15, 0.2) is 59.6 Å². The molecule has 0 radical (unpaired) electrons. The third-order valence-corrected chi connectivity index (χ3v) is 5.66. The summed E-state index contributed by atoms with van der Waals surface area (Å²) < 4.78 is 119. The van der Waals surface area contributed by atoms with Crippen LogP contribution in [0.2, 0.25) is 0 Å². The van der Waals surface area contributed by atoms with Crippen LogP contribution in [0.5, 0.6) is 0 Å². The van der Waals surface area contributed by atoms with Crippen LogP contribution in [0.4, 0.5) is 45.2 Å². The van der Waals surface area contributed by atoms with Crippen LogP contribution in [-0.2, 0) is 23.3 Å². The molecule has 1 aromatic heterocycles. The molecule has 0 aliphatic rings. The second-order valence-corrected chi connectivity index (χ2v) is 8.31. The van der Waals surface area contributed by atoms with Crippen LogP contribution in [0.25, 0.3) is 11.3 Å². The minimum Gasteiger partial charge on any atom is -0.325 e. The summed E-state index contributed by atoms with van der Waals surface area (Å²) in [7, 11) is 0. The maximum absolute atomic E-state index is 13.6. The molecule has 1 amide bonds. The summed E-state index contributed by atoms with van der Waals surface area (Å²) in [6.45, 7) is 0. The molecule has 3 rings (SSSR count). The lowest BCUT2D eigenvalue weighted by molar-refractivity contribution is -0.143. The van der Waals surface area contributed by atoms with Crippen molar-refractivity contribution in [2.75, 3.05) is 11.1 Å². The van der Waals surface area contributed by atoms with E-state index in [9.17, 15) is 49.6 Å². The van der Waals surface area contributed by atoms with Crippen molar-refractivity contribution in [3.8, 4) is 17.3 Å².